The molecule has 0 saturated carbocycles. The van der Waals surface area contributed by atoms with E-state index in [9.17, 15) is 4.79 Å². The molecule has 0 aliphatic carbocycles. The van der Waals surface area contributed by atoms with E-state index < -0.39 is 5.97 Å². The van der Waals surface area contributed by atoms with Crippen molar-refractivity contribution in [3.8, 4) is 0 Å². The zero-order valence-electron chi connectivity index (χ0n) is 11.1. The highest BCUT2D eigenvalue weighted by molar-refractivity contribution is 9.10. The molecule has 2 aromatic rings. The van der Waals surface area contributed by atoms with Crippen molar-refractivity contribution in [1.82, 2.24) is 0 Å². The van der Waals surface area contributed by atoms with E-state index in [2.05, 4.69) is 26.5 Å². The summed E-state index contributed by atoms with van der Waals surface area (Å²) in [6.07, 6.45) is 0. The first kappa shape index (κ1) is 15.5. The summed E-state index contributed by atoms with van der Waals surface area (Å²) in [5, 5.41) is 13.5. The van der Waals surface area contributed by atoms with Crippen LogP contribution < -0.4 is 5.43 Å². The van der Waals surface area contributed by atoms with Gasteiger partial charge in [0.2, 0.25) is 0 Å². The number of hydrogen-bond donors (Lipinski definition) is 2. The molecule has 4 nitrogen and oxygen atoms in total. The molecular formula is C15H12BrClN2O2. The van der Waals surface area contributed by atoms with E-state index in [1.54, 1.807) is 6.07 Å². The van der Waals surface area contributed by atoms with Crippen LogP contribution in [0.3, 0.4) is 0 Å². The Balaban J connectivity index is 2.21. The van der Waals surface area contributed by atoms with Crippen LogP contribution in [0.4, 0.5) is 5.69 Å². The Labute approximate surface area is 135 Å². The minimum Gasteiger partial charge on any atom is -0.478 e. The third-order valence-electron chi connectivity index (χ3n) is 2.79. The number of benzene rings is 2. The predicted octanol–water partition coefficient (Wildman–Crippen LogP) is 4.64. The standard InChI is InChI=1S/C15H12BrClN2O2/c1-9(10-3-2-4-11(16)7-10)18-19-12-5-6-14(17)13(8-12)15(20)21/h2-8,19H,1H3,(H,20,21)/b18-9-. The Bertz CT molecular complexity index is 717. The second-order valence-corrected chi connectivity index (χ2v) is 5.64. The van der Waals surface area contributed by atoms with Gasteiger partial charge in [-0.3, -0.25) is 5.43 Å². The molecule has 0 radical (unpaired) electrons. The van der Waals surface area contributed by atoms with Crippen molar-refractivity contribution in [1.29, 1.82) is 0 Å². The molecule has 21 heavy (non-hydrogen) atoms. The minimum atomic E-state index is -1.07. The Morgan fingerprint density at radius 2 is 2.05 bits per heavy atom. The molecule has 0 aromatic heterocycles. The van der Waals surface area contributed by atoms with Crippen molar-refractivity contribution in [2.24, 2.45) is 5.10 Å². The highest BCUT2D eigenvalue weighted by Crippen LogP contribution is 2.21. The fraction of sp³-hybridized carbons (Fsp3) is 0.0667. The average Bonchev–Trinajstić information content (AvgIpc) is 2.45. The molecule has 0 saturated heterocycles. The number of aromatic carboxylic acids is 1. The minimum absolute atomic E-state index is 0.0389. The molecule has 0 heterocycles. The molecule has 2 rings (SSSR count). The maximum atomic E-state index is 11.0. The Morgan fingerprint density at radius 3 is 2.71 bits per heavy atom. The van der Waals surface area contributed by atoms with Crippen molar-refractivity contribution in [2.75, 3.05) is 5.43 Å². The maximum Gasteiger partial charge on any atom is 0.337 e. The highest BCUT2D eigenvalue weighted by atomic mass is 79.9. The molecule has 0 amide bonds. The molecule has 0 unspecified atom stereocenters. The first-order valence-corrected chi connectivity index (χ1v) is 7.23. The van der Waals surface area contributed by atoms with Gasteiger partial charge in [-0.05, 0) is 42.8 Å². The number of carboxylic acid groups (broad SMARTS) is 1. The van der Waals surface area contributed by atoms with Crippen LogP contribution in [0.5, 0.6) is 0 Å². The van der Waals surface area contributed by atoms with Crippen LogP contribution in [0, 0.1) is 0 Å². The van der Waals surface area contributed by atoms with Gasteiger partial charge >= 0.3 is 5.97 Å². The summed E-state index contributed by atoms with van der Waals surface area (Å²) in [5.74, 6) is -1.07. The number of carboxylic acids is 1. The van der Waals surface area contributed by atoms with Gasteiger partial charge in [-0.15, -0.1) is 0 Å². The van der Waals surface area contributed by atoms with E-state index in [1.165, 1.54) is 12.1 Å². The largest absolute Gasteiger partial charge is 0.478 e. The number of nitrogens with one attached hydrogen (secondary N) is 1. The summed E-state index contributed by atoms with van der Waals surface area (Å²) >= 11 is 9.22. The number of rotatable bonds is 4. The van der Waals surface area contributed by atoms with Crippen LogP contribution >= 0.6 is 27.5 Å². The van der Waals surface area contributed by atoms with Gasteiger partial charge in [-0.1, -0.05) is 39.7 Å². The van der Waals surface area contributed by atoms with Crippen LogP contribution in [0.15, 0.2) is 52.0 Å². The van der Waals surface area contributed by atoms with Gasteiger partial charge < -0.3 is 5.11 Å². The van der Waals surface area contributed by atoms with Gasteiger partial charge in [0.05, 0.1) is 22.0 Å². The summed E-state index contributed by atoms with van der Waals surface area (Å²) in [5.41, 5.74) is 5.18. The Morgan fingerprint density at radius 1 is 1.29 bits per heavy atom. The van der Waals surface area contributed by atoms with Crippen molar-refractivity contribution in [3.63, 3.8) is 0 Å². The first-order valence-electron chi connectivity index (χ1n) is 6.06. The fourth-order valence-corrected chi connectivity index (χ4v) is 2.28. The molecular weight excluding hydrogens is 356 g/mol. The second kappa shape index (κ2) is 6.74. The molecule has 0 bridgehead atoms. The van der Waals surface area contributed by atoms with Crippen LogP contribution in [-0.2, 0) is 0 Å². The van der Waals surface area contributed by atoms with Crippen molar-refractivity contribution >= 4 is 44.9 Å². The molecule has 0 aliphatic heterocycles. The van der Waals surface area contributed by atoms with Crippen LogP contribution in [0.2, 0.25) is 5.02 Å². The van der Waals surface area contributed by atoms with Gasteiger partial charge in [0.15, 0.2) is 0 Å². The third-order valence-corrected chi connectivity index (χ3v) is 3.61. The van der Waals surface area contributed by atoms with Gasteiger partial charge in [0.1, 0.15) is 0 Å². The quantitative estimate of drug-likeness (QED) is 0.611. The molecule has 108 valence electrons. The summed E-state index contributed by atoms with van der Waals surface area (Å²) in [6, 6.07) is 12.4. The zero-order chi connectivity index (χ0) is 15.4. The topological polar surface area (TPSA) is 61.7 Å². The number of hydrogen-bond acceptors (Lipinski definition) is 3. The monoisotopic (exact) mass is 366 g/mol. The van der Waals surface area contributed by atoms with E-state index >= 15 is 0 Å². The van der Waals surface area contributed by atoms with E-state index in [0.717, 1.165) is 15.7 Å². The lowest BCUT2D eigenvalue weighted by atomic mass is 10.1. The number of carbonyl (C=O) groups is 1. The molecule has 2 N–H and O–H groups in total. The Hall–Kier alpha value is -1.85. The lowest BCUT2D eigenvalue weighted by molar-refractivity contribution is 0.0697. The maximum absolute atomic E-state index is 11.0. The second-order valence-electron chi connectivity index (χ2n) is 4.32. The van der Waals surface area contributed by atoms with Crippen molar-refractivity contribution in [2.45, 2.75) is 6.92 Å². The van der Waals surface area contributed by atoms with E-state index in [0.29, 0.717) is 5.69 Å². The number of nitrogens with zero attached hydrogens (tertiary/aromatic N) is 1. The zero-order valence-corrected chi connectivity index (χ0v) is 13.4. The van der Waals surface area contributed by atoms with Crippen LogP contribution in [0.25, 0.3) is 0 Å². The third kappa shape index (κ3) is 4.06. The van der Waals surface area contributed by atoms with Gasteiger partial charge in [-0.25, -0.2) is 4.79 Å². The lowest BCUT2D eigenvalue weighted by Gasteiger charge is -2.06. The SMILES string of the molecule is C/C(=N/Nc1ccc(Cl)c(C(=O)O)c1)c1cccc(Br)c1. The molecule has 0 spiro atoms. The molecule has 2 aromatic carbocycles. The normalized spacial score (nSPS) is 11.3. The summed E-state index contributed by atoms with van der Waals surface area (Å²) in [4.78, 5) is 11.0. The number of anilines is 1. The predicted molar refractivity (Wildman–Crippen MR) is 88.4 cm³/mol. The van der Waals surface area contributed by atoms with E-state index in [1.807, 2.05) is 31.2 Å². The smallest absolute Gasteiger partial charge is 0.337 e. The van der Waals surface area contributed by atoms with E-state index in [4.69, 9.17) is 16.7 Å². The van der Waals surface area contributed by atoms with Crippen molar-refractivity contribution in [3.05, 3.63) is 63.1 Å². The van der Waals surface area contributed by atoms with E-state index in [-0.39, 0.29) is 10.6 Å². The average molecular weight is 368 g/mol. The van der Waals surface area contributed by atoms with Crippen LogP contribution in [-0.4, -0.2) is 16.8 Å². The fourth-order valence-electron chi connectivity index (χ4n) is 1.69. The summed E-state index contributed by atoms with van der Waals surface area (Å²) in [6.45, 7) is 1.86. The van der Waals surface area contributed by atoms with Crippen molar-refractivity contribution < 1.29 is 9.90 Å². The number of halogens is 2. The lowest BCUT2D eigenvalue weighted by Crippen LogP contribution is -2.02. The van der Waals surface area contributed by atoms with Gasteiger partial charge in [0.25, 0.3) is 0 Å². The summed E-state index contributed by atoms with van der Waals surface area (Å²) < 4.78 is 0.967. The van der Waals surface area contributed by atoms with Gasteiger partial charge in [0, 0.05) is 4.47 Å². The highest BCUT2D eigenvalue weighted by Gasteiger charge is 2.09. The molecule has 0 atom stereocenters. The number of hydrazone groups is 1. The first-order chi connectivity index (χ1) is 9.97. The summed E-state index contributed by atoms with van der Waals surface area (Å²) in [7, 11) is 0. The molecule has 0 aliphatic rings. The van der Waals surface area contributed by atoms with Gasteiger partial charge in [-0.2, -0.15) is 5.10 Å². The van der Waals surface area contributed by atoms with Crippen LogP contribution in [0.1, 0.15) is 22.8 Å². The Kier molecular flexibility index (Phi) is 4.98. The molecule has 6 heteroatoms. The molecule has 0 fully saturated rings.